The SMILES string of the molecule is CC(=O)N1c2ccc(C(=O)NCC(C)O)cc2C(Nc2ccc(C#N)cn2)C(C)C1C. The zero-order valence-electron chi connectivity index (χ0n) is 18.1. The molecule has 0 saturated carbocycles. The smallest absolute Gasteiger partial charge is 0.251 e. The largest absolute Gasteiger partial charge is 0.392 e. The Bertz CT molecular complexity index is 1010. The lowest BCUT2D eigenvalue weighted by Gasteiger charge is -2.44. The lowest BCUT2D eigenvalue weighted by atomic mass is 9.82. The molecule has 8 heteroatoms. The van der Waals surface area contributed by atoms with Crippen LogP contribution in [0.1, 0.15) is 55.2 Å². The van der Waals surface area contributed by atoms with Gasteiger partial charge in [0.25, 0.3) is 5.91 Å². The summed E-state index contributed by atoms with van der Waals surface area (Å²) >= 11 is 0. The third-order valence-electron chi connectivity index (χ3n) is 5.67. The van der Waals surface area contributed by atoms with Gasteiger partial charge in [-0.2, -0.15) is 5.26 Å². The molecule has 1 aliphatic heterocycles. The van der Waals surface area contributed by atoms with E-state index >= 15 is 0 Å². The lowest BCUT2D eigenvalue weighted by Crippen LogP contribution is -2.48. The first-order valence-corrected chi connectivity index (χ1v) is 10.3. The summed E-state index contributed by atoms with van der Waals surface area (Å²) in [5, 5.41) is 24.6. The van der Waals surface area contributed by atoms with Crippen LogP contribution >= 0.6 is 0 Å². The molecule has 1 aromatic carbocycles. The van der Waals surface area contributed by atoms with Crippen molar-refractivity contribution < 1.29 is 14.7 Å². The van der Waals surface area contributed by atoms with Gasteiger partial charge in [-0.15, -0.1) is 0 Å². The number of aliphatic hydroxyl groups is 1. The van der Waals surface area contributed by atoms with Crippen molar-refractivity contribution >= 4 is 23.3 Å². The van der Waals surface area contributed by atoms with Crippen LogP contribution < -0.4 is 15.5 Å². The average Bonchev–Trinajstić information content (AvgIpc) is 2.75. The van der Waals surface area contributed by atoms with Crippen LogP contribution in [-0.2, 0) is 4.79 Å². The molecular weight excluding hydrogens is 394 g/mol. The molecule has 0 spiro atoms. The van der Waals surface area contributed by atoms with E-state index in [1.807, 2.05) is 13.8 Å². The molecule has 0 radical (unpaired) electrons. The number of carbonyl (C=O) groups is 2. The number of pyridine rings is 1. The summed E-state index contributed by atoms with van der Waals surface area (Å²) in [5.74, 6) is 0.264. The van der Waals surface area contributed by atoms with Crippen molar-refractivity contribution in [1.29, 1.82) is 5.26 Å². The third kappa shape index (κ3) is 4.67. The van der Waals surface area contributed by atoms with Crippen molar-refractivity contribution in [2.75, 3.05) is 16.8 Å². The fraction of sp³-hybridized carbons (Fsp3) is 0.391. The van der Waals surface area contributed by atoms with Crippen LogP contribution in [0, 0.1) is 17.2 Å². The maximum atomic E-state index is 12.6. The Morgan fingerprint density at radius 1 is 1.29 bits per heavy atom. The van der Waals surface area contributed by atoms with Crippen LogP contribution in [0.5, 0.6) is 0 Å². The van der Waals surface area contributed by atoms with Gasteiger partial charge in [-0.05, 0) is 49.7 Å². The van der Waals surface area contributed by atoms with Gasteiger partial charge in [-0.1, -0.05) is 6.92 Å². The summed E-state index contributed by atoms with van der Waals surface area (Å²) in [6.45, 7) is 7.33. The number of nitriles is 1. The van der Waals surface area contributed by atoms with E-state index in [-0.39, 0.29) is 36.4 Å². The average molecular weight is 422 g/mol. The number of amides is 2. The number of fused-ring (bicyclic) bond motifs is 1. The summed E-state index contributed by atoms with van der Waals surface area (Å²) in [7, 11) is 0. The number of aliphatic hydroxyl groups excluding tert-OH is 1. The quantitative estimate of drug-likeness (QED) is 0.683. The van der Waals surface area contributed by atoms with E-state index < -0.39 is 6.10 Å². The molecule has 0 saturated heterocycles. The Hall–Kier alpha value is -3.44. The molecule has 3 rings (SSSR count). The third-order valence-corrected chi connectivity index (χ3v) is 5.67. The molecule has 2 aromatic rings. The Morgan fingerprint density at radius 2 is 2.03 bits per heavy atom. The normalized spacial score (nSPS) is 20.9. The van der Waals surface area contributed by atoms with E-state index in [1.54, 1.807) is 42.2 Å². The number of benzene rings is 1. The minimum absolute atomic E-state index is 0.0182. The van der Waals surface area contributed by atoms with Crippen LogP contribution in [0.4, 0.5) is 11.5 Å². The van der Waals surface area contributed by atoms with Gasteiger partial charge in [-0.3, -0.25) is 9.59 Å². The topological polar surface area (TPSA) is 118 Å². The first-order valence-electron chi connectivity index (χ1n) is 10.3. The van der Waals surface area contributed by atoms with Crippen LogP contribution in [0.15, 0.2) is 36.5 Å². The van der Waals surface area contributed by atoms with Crippen molar-refractivity contribution in [3.63, 3.8) is 0 Å². The Kier molecular flexibility index (Phi) is 6.56. The Labute approximate surface area is 181 Å². The maximum absolute atomic E-state index is 12.6. The zero-order chi connectivity index (χ0) is 22.7. The molecule has 162 valence electrons. The number of anilines is 2. The molecule has 3 N–H and O–H groups in total. The van der Waals surface area contributed by atoms with Gasteiger partial charge in [0.05, 0.1) is 17.7 Å². The first kappa shape index (κ1) is 22.2. The summed E-state index contributed by atoms with van der Waals surface area (Å²) in [5.41, 5.74) is 2.48. The minimum atomic E-state index is -0.646. The second-order valence-corrected chi connectivity index (χ2v) is 7.99. The second kappa shape index (κ2) is 9.14. The van der Waals surface area contributed by atoms with Gasteiger partial charge in [0.1, 0.15) is 11.9 Å². The Morgan fingerprint density at radius 3 is 2.61 bits per heavy atom. The highest BCUT2D eigenvalue weighted by atomic mass is 16.3. The van der Waals surface area contributed by atoms with E-state index in [1.165, 1.54) is 13.1 Å². The van der Waals surface area contributed by atoms with E-state index in [9.17, 15) is 14.7 Å². The van der Waals surface area contributed by atoms with E-state index in [4.69, 9.17) is 5.26 Å². The van der Waals surface area contributed by atoms with Gasteiger partial charge in [0.2, 0.25) is 5.91 Å². The summed E-state index contributed by atoms with van der Waals surface area (Å²) in [6.07, 6.45) is 0.856. The van der Waals surface area contributed by atoms with Gasteiger partial charge in [0, 0.05) is 42.9 Å². The highest BCUT2D eigenvalue weighted by Crippen LogP contribution is 2.42. The monoisotopic (exact) mass is 421 g/mol. The van der Waals surface area contributed by atoms with E-state index in [0.29, 0.717) is 16.9 Å². The molecule has 1 aliphatic rings. The molecule has 1 aromatic heterocycles. The molecule has 31 heavy (non-hydrogen) atoms. The number of hydrogen-bond acceptors (Lipinski definition) is 6. The molecule has 4 unspecified atom stereocenters. The lowest BCUT2D eigenvalue weighted by molar-refractivity contribution is -0.117. The van der Waals surface area contributed by atoms with Crippen LogP contribution in [0.2, 0.25) is 0 Å². The first-order chi connectivity index (χ1) is 14.7. The highest BCUT2D eigenvalue weighted by Gasteiger charge is 2.38. The van der Waals surface area contributed by atoms with E-state index in [2.05, 4.69) is 21.7 Å². The van der Waals surface area contributed by atoms with E-state index in [0.717, 1.165) is 11.3 Å². The van der Waals surface area contributed by atoms with Crippen LogP contribution in [0.3, 0.4) is 0 Å². The number of rotatable bonds is 5. The number of nitrogens with one attached hydrogen (secondary N) is 2. The summed E-state index contributed by atoms with van der Waals surface area (Å²) < 4.78 is 0. The maximum Gasteiger partial charge on any atom is 0.251 e. The summed E-state index contributed by atoms with van der Waals surface area (Å²) in [4.78, 5) is 31.0. The molecule has 2 amide bonds. The standard InChI is InChI=1S/C23H27N5O3/c1-13(29)11-26-23(31)18-6-7-20-19(9-18)22(14(2)15(3)28(20)16(4)30)27-21-8-5-17(10-24)12-25-21/h5-9,12-15,22,29H,11H2,1-4H3,(H,25,27)(H,26,31). The minimum Gasteiger partial charge on any atom is -0.392 e. The van der Waals surface area contributed by atoms with Crippen molar-refractivity contribution in [1.82, 2.24) is 10.3 Å². The second-order valence-electron chi connectivity index (χ2n) is 7.99. The molecule has 0 bridgehead atoms. The number of nitrogens with zero attached hydrogens (tertiary/aromatic N) is 3. The van der Waals surface area contributed by atoms with Gasteiger partial charge < -0.3 is 20.6 Å². The molecule has 4 atom stereocenters. The predicted octanol–water partition coefficient (Wildman–Crippen LogP) is 2.61. The molecule has 0 fully saturated rings. The molecule has 8 nitrogen and oxygen atoms in total. The number of hydrogen-bond donors (Lipinski definition) is 3. The van der Waals surface area contributed by atoms with Crippen molar-refractivity contribution in [2.45, 2.75) is 45.9 Å². The van der Waals surface area contributed by atoms with Crippen LogP contribution in [-0.4, -0.2) is 40.6 Å². The van der Waals surface area contributed by atoms with Gasteiger partial charge in [-0.25, -0.2) is 4.98 Å². The van der Waals surface area contributed by atoms with Crippen molar-refractivity contribution in [3.05, 3.63) is 53.2 Å². The predicted molar refractivity (Wildman–Crippen MR) is 118 cm³/mol. The zero-order valence-corrected chi connectivity index (χ0v) is 18.1. The molecular formula is C23H27N5O3. The van der Waals surface area contributed by atoms with Crippen molar-refractivity contribution in [3.8, 4) is 6.07 Å². The van der Waals surface area contributed by atoms with Gasteiger partial charge in [0.15, 0.2) is 0 Å². The Balaban J connectivity index is 2.01. The number of aromatic nitrogens is 1. The highest BCUT2D eigenvalue weighted by molar-refractivity contribution is 5.98. The van der Waals surface area contributed by atoms with Crippen molar-refractivity contribution in [2.24, 2.45) is 5.92 Å². The number of carbonyl (C=O) groups excluding carboxylic acids is 2. The molecule has 2 heterocycles. The fourth-order valence-electron chi connectivity index (χ4n) is 3.89. The fourth-order valence-corrected chi connectivity index (χ4v) is 3.89. The van der Waals surface area contributed by atoms with Crippen LogP contribution in [0.25, 0.3) is 0 Å². The molecule has 0 aliphatic carbocycles. The summed E-state index contributed by atoms with van der Waals surface area (Å²) in [6, 6.07) is 10.5. The van der Waals surface area contributed by atoms with Gasteiger partial charge >= 0.3 is 0 Å².